The lowest BCUT2D eigenvalue weighted by Gasteiger charge is -2.09. The Morgan fingerprint density at radius 2 is 1.77 bits per heavy atom. The van der Waals surface area contributed by atoms with Gasteiger partial charge in [0.15, 0.2) is 0 Å². The summed E-state index contributed by atoms with van der Waals surface area (Å²) in [5.41, 5.74) is 5.75. The molecule has 0 amide bonds. The molecule has 1 aromatic carbocycles. The molecule has 2 heterocycles. The smallest absolute Gasteiger partial charge is 0.230 e. The van der Waals surface area contributed by atoms with Crippen LogP contribution in [0.1, 0.15) is 28.9 Å². The van der Waals surface area contributed by atoms with Crippen LogP contribution in [0.15, 0.2) is 24.4 Å². The highest BCUT2D eigenvalue weighted by molar-refractivity contribution is 5.84. The molecular formula is C17H17N5. The fourth-order valence-corrected chi connectivity index (χ4v) is 3.02. The van der Waals surface area contributed by atoms with Crippen LogP contribution in [0.3, 0.4) is 0 Å². The van der Waals surface area contributed by atoms with Crippen molar-refractivity contribution >= 4 is 22.8 Å². The van der Waals surface area contributed by atoms with E-state index in [9.17, 15) is 0 Å². The fourth-order valence-electron chi connectivity index (χ4n) is 3.02. The van der Waals surface area contributed by atoms with Crippen LogP contribution in [0.5, 0.6) is 0 Å². The van der Waals surface area contributed by atoms with E-state index in [-0.39, 0.29) is 0 Å². The predicted octanol–water partition coefficient (Wildman–Crippen LogP) is 3.27. The molecule has 5 nitrogen and oxygen atoms in total. The second kappa shape index (κ2) is 5.02. The normalized spacial score (nSPS) is 13.4. The van der Waals surface area contributed by atoms with Crippen LogP contribution in [0.4, 0.5) is 11.9 Å². The maximum absolute atomic E-state index is 4.64. The number of fused-ring (bicyclic) bond motifs is 2. The highest BCUT2D eigenvalue weighted by atomic mass is 15.2. The van der Waals surface area contributed by atoms with Gasteiger partial charge in [0.1, 0.15) is 0 Å². The van der Waals surface area contributed by atoms with Crippen LogP contribution >= 0.6 is 0 Å². The van der Waals surface area contributed by atoms with Crippen molar-refractivity contribution in [3.8, 4) is 0 Å². The van der Waals surface area contributed by atoms with E-state index in [1.807, 2.05) is 19.9 Å². The van der Waals surface area contributed by atoms with Gasteiger partial charge in [-0.3, -0.25) is 5.32 Å². The highest BCUT2D eigenvalue weighted by Crippen LogP contribution is 2.28. The summed E-state index contributed by atoms with van der Waals surface area (Å²) in [4.78, 5) is 17.7. The number of rotatable bonds is 2. The fraction of sp³-hybridized carbons (Fsp3) is 0.294. The molecular weight excluding hydrogens is 274 g/mol. The third-order valence-corrected chi connectivity index (χ3v) is 4.12. The minimum Gasteiger partial charge on any atom is -0.293 e. The third kappa shape index (κ3) is 2.28. The number of nitrogens with zero attached hydrogens (tertiary/aromatic N) is 4. The predicted molar refractivity (Wildman–Crippen MR) is 86.4 cm³/mol. The number of benzene rings is 1. The first-order chi connectivity index (χ1) is 10.7. The van der Waals surface area contributed by atoms with Crippen molar-refractivity contribution in [2.24, 2.45) is 0 Å². The molecule has 1 aliphatic carbocycles. The Balaban J connectivity index is 1.77. The van der Waals surface area contributed by atoms with Crippen molar-refractivity contribution in [2.45, 2.75) is 33.1 Å². The highest BCUT2D eigenvalue weighted by Gasteiger charge is 2.14. The number of hydrogen-bond acceptors (Lipinski definition) is 5. The molecule has 5 heteroatoms. The van der Waals surface area contributed by atoms with Crippen LogP contribution in [0.25, 0.3) is 10.9 Å². The molecule has 0 aliphatic heterocycles. The average molecular weight is 291 g/mol. The van der Waals surface area contributed by atoms with Crippen LogP contribution in [0.2, 0.25) is 0 Å². The topological polar surface area (TPSA) is 63.6 Å². The Kier molecular flexibility index (Phi) is 2.99. The van der Waals surface area contributed by atoms with E-state index in [4.69, 9.17) is 0 Å². The van der Waals surface area contributed by atoms with Crippen molar-refractivity contribution in [3.05, 3.63) is 46.9 Å². The zero-order valence-corrected chi connectivity index (χ0v) is 12.7. The molecule has 0 unspecified atom stereocenters. The molecule has 4 rings (SSSR count). The number of hydrogen-bond donors (Lipinski definition) is 1. The number of aryl methyl sites for hydroxylation is 4. The summed E-state index contributed by atoms with van der Waals surface area (Å²) < 4.78 is 0. The van der Waals surface area contributed by atoms with E-state index in [0.717, 1.165) is 28.7 Å². The molecule has 0 saturated heterocycles. The van der Waals surface area contributed by atoms with E-state index < -0.39 is 0 Å². The van der Waals surface area contributed by atoms with Gasteiger partial charge >= 0.3 is 0 Å². The lowest BCUT2D eigenvalue weighted by molar-refractivity contribution is 0.912. The summed E-state index contributed by atoms with van der Waals surface area (Å²) in [6.07, 6.45) is 5.28. The van der Waals surface area contributed by atoms with Crippen molar-refractivity contribution in [1.29, 1.82) is 0 Å². The van der Waals surface area contributed by atoms with Crippen LogP contribution in [-0.4, -0.2) is 19.9 Å². The molecule has 3 aromatic rings. The van der Waals surface area contributed by atoms with Crippen molar-refractivity contribution in [3.63, 3.8) is 0 Å². The number of aromatic nitrogens is 4. The van der Waals surface area contributed by atoms with Gasteiger partial charge in [-0.1, -0.05) is 0 Å². The molecule has 0 atom stereocenters. The quantitative estimate of drug-likeness (QED) is 0.785. The van der Waals surface area contributed by atoms with Gasteiger partial charge in [-0.15, -0.1) is 0 Å². The number of anilines is 2. The van der Waals surface area contributed by atoms with Gasteiger partial charge < -0.3 is 0 Å². The molecule has 110 valence electrons. The van der Waals surface area contributed by atoms with Gasteiger partial charge in [-0.05, 0) is 62.4 Å². The second-order valence-corrected chi connectivity index (χ2v) is 5.77. The molecule has 1 aliphatic rings. The molecule has 0 bridgehead atoms. The maximum Gasteiger partial charge on any atom is 0.230 e. The molecule has 0 spiro atoms. The molecule has 0 radical (unpaired) electrons. The molecule has 0 fully saturated rings. The van der Waals surface area contributed by atoms with Crippen molar-refractivity contribution in [2.75, 3.05) is 5.32 Å². The third-order valence-electron chi connectivity index (χ3n) is 4.12. The molecule has 22 heavy (non-hydrogen) atoms. The monoisotopic (exact) mass is 291 g/mol. The van der Waals surface area contributed by atoms with Crippen molar-refractivity contribution in [1.82, 2.24) is 19.9 Å². The second-order valence-electron chi connectivity index (χ2n) is 5.77. The Morgan fingerprint density at radius 3 is 2.59 bits per heavy atom. The summed E-state index contributed by atoms with van der Waals surface area (Å²) in [7, 11) is 0. The number of nitrogens with one attached hydrogen (secondary N) is 1. The van der Waals surface area contributed by atoms with Gasteiger partial charge in [-0.2, -0.15) is 0 Å². The molecule has 1 N–H and O–H groups in total. The van der Waals surface area contributed by atoms with Gasteiger partial charge in [-0.25, -0.2) is 19.9 Å². The largest absolute Gasteiger partial charge is 0.293 e. The van der Waals surface area contributed by atoms with Gasteiger partial charge in [0.05, 0.1) is 11.2 Å². The first-order valence-corrected chi connectivity index (χ1v) is 7.56. The maximum atomic E-state index is 4.64. The molecule has 0 saturated carbocycles. The Morgan fingerprint density at radius 1 is 0.955 bits per heavy atom. The van der Waals surface area contributed by atoms with Crippen LogP contribution in [-0.2, 0) is 12.8 Å². The van der Waals surface area contributed by atoms with E-state index in [1.165, 1.54) is 24.0 Å². The van der Waals surface area contributed by atoms with E-state index in [2.05, 4.69) is 37.4 Å². The zero-order chi connectivity index (χ0) is 15.1. The van der Waals surface area contributed by atoms with Crippen molar-refractivity contribution < 1.29 is 0 Å². The molecule has 2 aromatic heterocycles. The first kappa shape index (κ1) is 13.1. The lowest BCUT2D eigenvalue weighted by atomic mass is 10.1. The SMILES string of the molecule is Cc1ccnc(Nc2nc(C)c3cc4c(cc3n2)CCC4)n1. The van der Waals surface area contributed by atoms with Gasteiger partial charge in [0.25, 0.3) is 0 Å². The standard InChI is InChI=1S/C17H17N5/c1-10-6-7-18-16(19-10)22-17-20-11(2)14-8-12-4-3-5-13(12)9-15(14)21-17/h6-9H,3-5H2,1-2H3,(H,18,19,20,21,22). The van der Waals surface area contributed by atoms with Crippen LogP contribution < -0.4 is 5.32 Å². The van der Waals surface area contributed by atoms with Gasteiger partial charge in [0.2, 0.25) is 11.9 Å². The minimum atomic E-state index is 0.528. The minimum absolute atomic E-state index is 0.528. The summed E-state index contributed by atoms with van der Waals surface area (Å²) in [6, 6.07) is 6.32. The Bertz CT molecular complexity index is 872. The Hall–Kier alpha value is -2.56. The summed E-state index contributed by atoms with van der Waals surface area (Å²) in [6.45, 7) is 3.95. The summed E-state index contributed by atoms with van der Waals surface area (Å²) >= 11 is 0. The summed E-state index contributed by atoms with van der Waals surface area (Å²) in [5.74, 6) is 1.08. The Labute approximate surface area is 128 Å². The average Bonchev–Trinajstić information content (AvgIpc) is 2.93. The van der Waals surface area contributed by atoms with E-state index in [1.54, 1.807) is 6.20 Å². The summed E-state index contributed by atoms with van der Waals surface area (Å²) in [5, 5.41) is 4.24. The van der Waals surface area contributed by atoms with Crippen LogP contribution in [0, 0.1) is 13.8 Å². The van der Waals surface area contributed by atoms with E-state index in [0.29, 0.717) is 11.9 Å². The lowest BCUT2D eigenvalue weighted by Crippen LogP contribution is -2.03. The van der Waals surface area contributed by atoms with E-state index >= 15 is 0 Å². The first-order valence-electron chi connectivity index (χ1n) is 7.56. The zero-order valence-electron chi connectivity index (χ0n) is 12.7. The van der Waals surface area contributed by atoms with Gasteiger partial charge in [0, 0.05) is 17.3 Å².